The third-order valence-corrected chi connectivity index (χ3v) is 3.27. The van der Waals surface area contributed by atoms with Gasteiger partial charge in [0.15, 0.2) is 11.6 Å². The summed E-state index contributed by atoms with van der Waals surface area (Å²) >= 11 is 0. The van der Waals surface area contributed by atoms with E-state index in [0.717, 1.165) is 25.3 Å². The summed E-state index contributed by atoms with van der Waals surface area (Å²) in [5, 5.41) is 0. The lowest BCUT2D eigenvalue weighted by molar-refractivity contribution is 0.373. The van der Waals surface area contributed by atoms with Crippen molar-refractivity contribution >= 4 is 0 Å². The van der Waals surface area contributed by atoms with Gasteiger partial charge in [0, 0.05) is 6.04 Å². The summed E-state index contributed by atoms with van der Waals surface area (Å²) in [4.78, 5) is 0. The Morgan fingerprint density at radius 3 is 2.29 bits per heavy atom. The zero-order chi connectivity index (χ0) is 12.8. The first kappa shape index (κ1) is 14.1. The molecule has 0 saturated carbocycles. The molecule has 0 bridgehead atoms. The Bertz CT molecular complexity index is 351. The fourth-order valence-electron chi connectivity index (χ4n) is 1.98. The van der Waals surface area contributed by atoms with Gasteiger partial charge in [-0.2, -0.15) is 0 Å². The highest BCUT2D eigenvalue weighted by Gasteiger charge is 2.16. The molecule has 0 fully saturated rings. The second kappa shape index (κ2) is 6.67. The number of hydrogen-bond donors (Lipinski definition) is 2. The minimum Gasteiger partial charge on any atom is -0.271 e. The molecule has 1 aromatic carbocycles. The van der Waals surface area contributed by atoms with Crippen LogP contribution in [0.3, 0.4) is 0 Å². The third kappa shape index (κ3) is 3.75. The van der Waals surface area contributed by atoms with Gasteiger partial charge in [-0.3, -0.25) is 11.3 Å². The van der Waals surface area contributed by atoms with Gasteiger partial charge in [0.2, 0.25) is 0 Å². The summed E-state index contributed by atoms with van der Waals surface area (Å²) in [6, 6.07) is 3.80. The number of halogens is 2. The predicted molar refractivity (Wildman–Crippen MR) is 65.1 cm³/mol. The van der Waals surface area contributed by atoms with Crippen molar-refractivity contribution < 1.29 is 8.78 Å². The third-order valence-electron chi connectivity index (χ3n) is 3.27. The molecule has 0 amide bonds. The molecule has 0 aliphatic rings. The number of hydrazine groups is 1. The molecular formula is C13H20F2N2. The van der Waals surface area contributed by atoms with Gasteiger partial charge in [0.25, 0.3) is 0 Å². The summed E-state index contributed by atoms with van der Waals surface area (Å²) in [6.07, 6.45) is 2.94. The fourth-order valence-corrected chi connectivity index (χ4v) is 1.98. The lowest BCUT2D eigenvalue weighted by atomic mass is 9.91. The first-order chi connectivity index (χ1) is 8.12. The summed E-state index contributed by atoms with van der Waals surface area (Å²) in [7, 11) is 0. The van der Waals surface area contributed by atoms with Gasteiger partial charge in [0.1, 0.15) is 0 Å². The molecule has 0 heterocycles. The van der Waals surface area contributed by atoms with Crippen molar-refractivity contribution in [2.45, 2.75) is 39.2 Å². The normalized spacial score (nSPS) is 13.1. The van der Waals surface area contributed by atoms with E-state index in [9.17, 15) is 8.78 Å². The number of nitrogens with two attached hydrogens (primary N) is 1. The summed E-state index contributed by atoms with van der Waals surface area (Å²) in [5.74, 6) is 4.36. The number of benzene rings is 1. The van der Waals surface area contributed by atoms with Crippen LogP contribution < -0.4 is 11.3 Å². The van der Waals surface area contributed by atoms with Crippen LogP contribution in [0.15, 0.2) is 18.2 Å². The summed E-state index contributed by atoms with van der Waals surface area (Å²) in [6.45, 7) is 4.24. The molecule has 0 aromatic heterocycles. The Kier molecular flexibility index (Phi) is 5.51. The van der Waals surface area contributed by atoms with Crippen molar-refractivity contribution in [3.63, 3.8) is 0 Å². The van der Waals surface area contributed by atoms with Crippen molar-refractivity contribution in [1.29, 1.82) is 0 Å². The lowest BCUT2D eigenvalue weighted by Crippen LogP contribution is -2.29. The van der Waals surface area contributed by atoms with Crippen molar-refractivity contribution in [2.75, 3.05) is 0 Å². The quantitative estimate of drug-likeness (QED) is 0.593. The van der Waals surface area contributed by atoms with Crippen LogP contribution in [0, 0.1) is 17.6 Å². The maximum absolute atomic E-state index is 13.1. The highest BCUT2D eigenvalue weighted by molar-refractivity contribution is 5.21. The fraction of sp³-hybridized carbons (Fsp3) is 0.538. The Labute approximate surface area is 101 Å². The molecule has 96 valence electrons. The second-order valence-electron chi connectivity index (χ2n) is 4.31. The lowest BCUT2D eigenvalue weighted by Gasteiger charge is -2.21. The van der Waals surface area contributed by atoms with Gasteiger partial charge in [-0.25, -0.2) is 8.78 Å². The minimum atomic E-state index is -0.827. The van der Waals surface area contributed by atoms with Gasteiger partial charge < -0.3 is 0 Å². The average Bonchev–Trinajstić information content (AvgIpc) is 2.35. The zero-order valence-corrected chi connectivity index (χ0v) is 10.3. The molecule has 0 aliphatic carbocycles. The number of nitrogens with one attached hydrogen (secondary N) is 1. The molecule has 0 aliphatic heterocycles. The maximum atomic E-state index is 13.1. The largest absolute Gasteiger partial charge is 0.271 e. The van der Waals surface area contributed by atoms with E-state index in [0.29, 0.717) is 11.5 Å². The van der Waals surface area contributed by atoms with E-state index in [1.165, 1.54) is 6.07 Å². The highest BCUT2D eigenvalue weighted by atomic mass is 19.2. The van der Waals surface area contributed by atoms with Crippen molar-refractivity contribution in [3.05, 3.63) is 35.4 Å². The van der Waals surface area contributed by atoms with Crippen LogP contribution in [0.5, 0.6) is 0 Å². The molecule has 3 N–H and O–H groups in total. The van der Waals surface area contributed by atoms with E-state index in [4.69, 9.17) is 5.84 Å². The zero-order valence-electron chi connectivity index (χ0n) is 10.3. The average molecular weight is 242 g/mol. The molecule has 0 saturated heterocycles. The van der Waals surface area contributed by atoms with E-state index in [1.54, 1.807) is 6.07 Å². The predicted octanol–water partition coefficient (Wildman–Crippen LogP) is 3.30. The van der Waals surface area contributed by atoms with Crippen LogP contribution in [0.1, 0.15) is 44.7 Å². The Morgan fingerprint density at radius 2 is 1.82 bits per heavy atom. The molecular weight excluding hydrogens is 222 g/mol. The summed E-state index contributed by atoms with van der Waals surface area (Å²) < 4.78 is 26.0. The van der Waals surface area contributed by atoms with Crippen LogP contribution in [0.4, 0.5) is 8.78 Å². The van der Waals surface area contributed by atoms with Crippen LogP contribution in [-0.2, 0) is 0 Å². The monoisotopic (exact) mass is 242 g/mol. The molecule has 2 nitrogen and oxygen atoms in total. The molecule has 0 spiro atoms. The van der Waals surface area contributed by atoms with Crippen LogP contribution in [0.25, 0.3) is 0 Å². The van der Waals surface area contributed by atoms with E-state index in [-0.39, 0.29) is 6.04 Å². The second-order valence-corrected chi connectivity index (χ2v) is 4.31. The summed E-state index contributed by atoms with van der Waals surface area (Å²) in [5.41, 5.74) is 3.37. The van der Waals surface area contributed by atoms with Gasteiger partial charge >= 0.3 is 0 Å². The SMILES string of the molecule is CCC(CC)CC(NN)c1ccc(F)c(F)c1. The molecule has 0 radical (unpaired) electrons. The first-order valence-corrected chi connectivity index (χ1v) is 6.03. The molecule has 4 heteroatoms. The Balaban J connectivity index is 2.82. The van der Waals surface area contributed by atoms with E-state index in [2.05, 4.69) is 19.3 Å². The van der Waals surface area contributed by atoms with Crippen LogP contribution >= 0.6 is 0 Å². The standard InChI is InChI=1S/C13H20F2N2/c1-3-9(4-2)7-13(17-16)10-5-6-11(14)12(15)8-10/h5-6,8-9,13,17H,3-4,7,16H2,1-2H3. The molecule has 17 heavy (non-hydrogen) atoms. The minimum absolute atomic E-state index is 0.130. The first-order valence-electron chi connectivity index (χ1n) is 6.03. The Morgan fingerprint density at radius 1 is 1.18 bits per heavy atom. The van der Waals surface area contributed by atoms with E-state index in [1.807, 2.05) is 0 Å². The molecule has 1 aromatic rings. The van der Waals surface area contributed by atoms with Gasteiger partial charge in [0.05, 0.1) is 0 Å². The van der Waals surface area contributed by atoms with E-state index >= 15 is 0 Å². The number of hydrogen-bond acceptors (Lipinski definition) is 2. The molecule has 1 rings (SSSR count). The van der Waals surface area contributed by atoms with Crippen molar-refractivity contribution in [2.24, 2.45) is 11.8 Å². The number of rotatable bonds is 6. The van der Waals surface area contributed by atoms with Crippen LogP contribution in [0.2, 0.25) is 0 Å². The molecule has 1 atom stereocenters. The Hall–Kier alpha value is -1.00. The van der Waals surface area contributed by atoms with Crippen molar-refractivity contribution in [3.8, 4) is 0 Å². The van der Waals surface area contributed by atoms with Gasteiger partial charge in [-0.05, 0) is 30.0 Å². The topological polar surface area (TPSA) is 38.0 Å². The van der Waals surface area contributed by atoms with Crippen LogP contribution in [-0.4, -0.2) is 0 Å². The highest BCUT2D eigenvalue weighted by Crippen LogP contribution is 2.25. The van der Waals surface area contributed by atoms with Gasteiger partial charge in [-0.15, -0.1) is 0 Å². The smallest absolute Gasteiger partial charge is 0.159 e. The van der Waals surface area contributed by atoms with Gasteiger partial charge in [-0.1, -0.05) is 32.8 Å². The maximum Gasteiger partial charge on any atom is 0.159 e. The molecule has 1 unspecified atom stereocenters. The van der Waals surface area contributed by atoms with Crippen molar-refractivity contribution in [1.82, 2.24) is 5.43 Å². The van der Waals surface area contributed by atoms with E-state index < -0.39 is 11.6 Å².